The third-order valence-electron chi connectivity index (χ3n) is 4.60. The number of ether oxygens (including phenoxy) is 2. The van der Waals surface area contributed by atoms with E-state index in [9.17, 15) is 8.42 Å². The Labute approximate surface area is 168 Å². The Balaban J connectivity index is 1.72. The van der Waals surface area contributed by atoms with Gasteiger partial charge in [-0.05, 0) is 55.3 Å². The number of aryl methyl sites for hydroxylation is 2. The molecule has 0 saturated heterocycles. The van der Waals surface area contributed by atoms with Crippen LogP contribution in [-0.4, -0.2) is 31.8 Å². The van der Waals surface area contributed by atoms with Gasteiger partial charge in [-0.3, -0.25) is 9.82 Å². The maximum absolute atomic E-state index is 13.0. The molecule has 3 aromatic rings. The van der Waals surface area contributed by atoms with E-state index in [1.54, 1.807) is 19.1 Å². The van der Waals surface area contributed by atoms with Crippen LogP contribution in [0, 0.1) is 25.2 Å². The number of sulfonamides is 1. The van der Waals surface area contributed by atoms with Crippen LogP contribution in [0.3, 0.4) is 0 Å². The van der Waals surface area contributed by atoms with Crippen LogP contribution in [-0.2, 0) is 10.0 Å². The van der Waals surface area contributed by atoms with Crippen molar-refractivity contribution in [3.05, 3.63) is 53.2 Å². The number of nitrogens with zero attached hydrogens (tertiary/aromatic N) is 2. The number of nitriles is 1. The molecular weight excluding hydrogens is 392 g/mol. The van der Waals surface area contributed by atoms with Crippen molar-refractivity contribution >= 4 is 15.8 Å². The van der Waals surface area contributed by atoms with Gasteiger partial charge in [0.15, 0.2) is 17.3 Å². The van der Waals surface area contributed by atoms with Gasteiger partial charge in [-0.25, -0.2) is 8.42 Å². The van der Waals surface area contributed by atoms with Gasteiger partial charge in [0.05, 0.1) is 16.5 Å². The zero-order chi connectivity index (χ0) is 20.6. The first-order valence-electron chi connectivity index (χ1n) is 8.87. The number of hydrogen-bond donors (Lipinski definition) is 2. The van der Waals surface area contributed by atoms with E-state index in [4.69, 9.17) is 14.7 Å². The highest BCUT2D eigenvalue weighted by Gasteiger charge is 2.23. The Morgan fingerprint density at radius 3 is 2.59 bits per heavy atom. The number of fused-ring (bicyclic) bond motifs is 1. The fourth-order valence-corrected chi connectivity index (χ4v) is 4.50. The second-order valence-electron chi connectivity index (χ2n) is 6.63. The van der Waals surface area contributed by atoms with E-state index in [0.29, 0.717) is 47.1 Å². The molecule has 148 valence electrons. The average molecular weight is 410 g/mol. The van der Waals surface area contributed by atoms with Gasteiger partial charge >= 0.3 is 0 Å². The molecule has 0 radical (unpaired) electrons. The lowest BCUT2D eigenvalue weighted by atomic mass is 10.1. The van der Waals surface area contributed by atoms with Crippen molar-refractivity contribution in [1.82, 2.24) is 10.2 Å². The van der Waals surface area contributed by atoms with E-state index in [-0.39, 0.29) is 10.7 Å². The minimum absolute atomic E-state index is 0.0882. The average Bonchev–Trinajstić information content (AvgIpc) is 3.06. The third-order valence-corrected chi connectivity index (χ3v) is 6.10. The maximum Gasteiger partial charge on any atom is 0.263 e. The number of rotatable bonds is 4. The summed E-state index contributed by atoms with van der Waals surface area (Å²) >= 11 is 0. The second kappa shape index (κ2) is 7.14. The largest absolute Gasteiger partial charge is 0.486 e. The predicted octanol–water partition coefficient (Wildman–Crippen LogP) is 3.14. The van der Waals surface area contributed by atoms with Crippen LogP contribution < -0.4 is 14.2 Å². The van der Waals surface area contributed by atoms with Crippen molar-refractivity contribution in [2.75, 3.05) is 17.9 Å². The van der Waals surface area contributed by atoms with Gasteiger partial charge in [-0.15, -0.1) is 0 Å². The van der Waals surface area contributed by atoms with Crippen LogP contribution >= 0.6 is 0 Å². The molecule has 1 aliphatic heterocycles. The van der Waals surface area contributed by atoms with Crippen molar-refractivity contribution in [2.45, 2.75) is 18.7 Å². The minimum Gasteiger partial charge on any atom is -0.486 e. The van der Waals surface area contributed by atoms with Crippen LogP contribution in [0.4, 0.5) is 5.82 Å². The first-order chi connectivity index (χ1) is 13.9. The molecule has 8 nitrogen and oxygen atoms in total. The second-order valence-corrected chi connectivity index (χ2v) is 8.28. The van der Waals surface area contributed by atoms with Gasteiger partial charge < -0.3 is 9.47 Å². The summed E-state index contributed by atoms with van der Waals surface area (Å²) in [5.74, 6) is 1.44. The van der Waals surface area contributed by atoms with Gasteiger partial charge in [-0.1, -0.05) is 6.07 Å². The Morgan fingerprint density at radius 2 is 1.86 bits per heavy atom. The molecule has 1 aliphatic rings. The third kappa shape index (κ3) is 3.50. The number of aromatic nitrogens is 2. The molecule has 1 aromatic heterocycles. The SMILES string of the molecule is Cc1cc(C#N)ccc1S(=O)(=O)Nc1n[nH]c(C)c1-c1ccc2c(c1)OCCO2. The lowest BCUT2D eigenvalue weighted by Gasteiger charge is -2.19. The Bertz CT molecular complexity index is 1240. The number of H-pyrrole nitrogens is 1. The van der Waals surface area contributed by atoms with Crippen molar-refractivity contribution in [1.29, 1.82) is 5.26 Å². The molecule has 0 spiro atoms. The molecule has 2 N–H and O–H groups in total. The van der Waals surface area contributed by atoms with E-state index >= 15 is 0 Å². The van der Waals surface area contributed by atoms with Gasteiger partial charge in [-0.2, -0.15) is 10.4 Å². The fourth-order valence-electron chi connectivity index (χ4n) is 3.26. The summed E-state index contributed by atoms with van der Waals surface area (Å²) < 4.78 is 39.6. The lowest BCUT2D eigenvalue weighted by molar-refractivity contribution is 0.171. The van der Waals surface area contributed by atoms with Gasteiger partial charge in [0.2, 0.25) is 0 Å². The minimum atomic E-state index is -3.90. The van der Waals surface area contributed by atoms with E-state index in [1.165, 1.54) is 18.2 Å². The van der Waals surface area contributed by atoms with Crippen molar-refractivity contribution in [2.24, 2.45) is 0 Å². The molecule has 0 unspecified atom stereocenters. The molecule has 0 aliphatic carbocycles. The molecule has 2 heterocycles. The van der Waals surface area contributed by atoms with E-state index < -0.39 is 10.0 Å². The van der Waals surface area contributed by atoms with Crippen LogP contribution in [0.5, 0.6) is 11.5 Å². The summed E-state index contributed by atoms with van der Waals surface area (Å²) in [4.78, 5) is 0.0882. The van der Waals surface area contributed by atoms with E-state index in [2.05, 4.69) is 14.9 Å². The molecule has 0 atom stereocenters. The summed E-state index contributed by atoms with van der Waals surface area (Å²) in [5, 5.41) is 16.0. The Hall–Kier alpha value is -3.51. The topological polar surface area (TPSA) is 117 Å². The number of benzene rings is 2. The van der Waals surface area contributed by atoms with Crippen LogP contribution in [0.25, 0.3) is 11.1 Å². The van der Waals surface area contributed by atoms with Gasteiger partial charge in [0.25, 0.3) is 10.0 Å². The molecule has 0 amide bonds. The Morgan fingerprint density at radius 1 is 1.10 bits per heavy atom. The van der Waals surface area contributed by atoms with Crippen LogP contribution in [0.2, 0.25) is 0 Å². The van der Waals surface area contributed by atoms with Gasteiger partial charge in [0, 0.05) is 11.3 Å². The zero-order valence-electron chi connectivity index (χ0n) is 15.8. The summed E-state index contributed by atoms with van der Waals surface area (Å²) in [5.41, 5.74) is 2.95. The zero-order valence-corrected chi connectivity index (χ0v) is 16.6. The van der Waals surface area contributed by atoms with E-state index in [0.717, 1.165) is 5.56 Å². The lowest BCUT2D eigenvalue weighted by Crippen LogP contribution is -2.16. The predicted molar refractivity (Wildman–Crippen MR) is 106 cm³/mol. The molecule has 0 fully saturated rings. The van der Waals surface area contributed by atoms with E-state index in [1.807, 2.05) is 19.1 Å². The highest BCUT2D eigenvalue weighted by Crippen LogP contribution is 2.38. The monoisotopic (exact) mass is 410 g/mol. The Kier molecular flexibility index (Phi) is 4.64. The number of hydrogen-bond acceptors (Lipinski definition) is 6. The molecule has 2 aromatic carbocycles. The maximum atomic E-state index is 13.0. The van der Waals surface area contributed by atoms with Gasteiger partial charge in [0.1, 0.15) is 13.2 Å². The number of aromatic amines is 1. The summed E-state index contributed by atoms with van der Waals surface area (Å²) in [6.45, 7) is 4.40. The van der Waals surface area contributed by atoms with Crippen molar-refractivity contribution in [3.63, 3.8) is 0 Å². The van der Waals surface area contributed by atoms with Crippen molar-refractivity contribution < 1.29 is 17.9 Å². The molecule has 4 rings (SSSR count). The number of nitrogens with one attached hydrogen (secondary N) is 2. The molecule has 9 heteroatoms. The van der Waals surface area contributed by atoms with Crippen LogP contribution in [0.15, 0.2) is 41.3 Å². The van der Waals surface area contributed by atoms with Crippen LogP contribution in [0.1, 0.15) is 16.8 Å². The fraction of sp³-hybridized carbons (Fsp3) is 0.200. The normalized spacial score (nSPS) is 13.0. The number of anilines is 1. The van der Waals surface area contributed by atoms with Crippen molar-refractivity contribution in [3.8, 4) is 28.7 Å². The molecule has 29 heavy (non-hydrogen) atoms. The smallest absolute Gasteiger partial charge is 0.263 e. The summed E-state index contributed by atoms with van der Waals surface area (Å²) in [6, 6.07) is 11.8. The molecule has 0 bridgehead atoms. The highest BCUT2D eigenvalue weighted by molar-refractivity contribution is 7.92. The first kappa shape index (κ1) is 18.8. The molecule has 0 saturated carbocycles. The standard InChI is InChI=1S/C20H18N4O4S/c1-12-9-14(11-21)3-6-18(12)29(25,26)24-20-19(13(2)22-23-20)15-4-5-16-17(10-15)28-8-7-27-16/h3-6,9-10H,7-8H2,1-2H3,(H2,22,23,24). The molecular formula is C20H18N4O4S. The summed E-state index contributed by atoms with van der Waals surface area (Å²) in [6.07, 6.45) is 0. The summed E-state index contributed by atoms with van der Waals surface area (Å²) in [7, 11) is -3.90. The first-order valence-corrected chi connectivity index (χ1v) is 10.4. The highest BCUT2D eigenvalue weighted by atomic mass is 32.2. The quantitative estimate of drug-likeness (QED) is 0.682.